The van der Waals surface area contributed by atoms with Crippen molar-refractivity contribution in [3.8, 4) is 5.75 Å². The van der Waals surface area contributed by atoms with E-state index in [-0.39, 0.29) is 11.4 Å². The highest BCUT2D eigenvalue weighted by atomic mass is 32.2. The minimum atomic E-state index is -4.01. The van der Waals surface area contributed by atoms with Crippen LogP contribution in [-0.2, 0) is 14.8 Å². The number of nitrogens with one attached hydrogen (secondary N) is 1. The third kappa shape index (κ3) is 6.37. The van der Waals surface area contributed by atoms with Crippen LogP contribution in [0.1, 0.15) is 29.7 Å². The Labute approximate surface area is 218 Å². The molecule has 0 heterocycles. The zero-order chi connectivity index (χ0) is 26.3. The van der Waals surface area contributed by atoms with Crippen molar-refractivity contribution in [1.82, 2.24) is 5.32 Å². The lowest BCUT2D eigenvalue weighted by Gasteiger charge is -2.26. The van der Waals surface area contributed by atoms with Crippen LogP contribution in [-0.4, -0.2) is 27.5 Å². The van der Waals surface area contributed by atoms with Gasteiger partial charge in [-0.25, -0.2) is 8.42 Å². The molecule has 0 aromatic heterocycles. The first-order valence-corrected chi connectivity index (χ1v) is 13.5. The third-order valence-electron chi connectivity index (χ3n) is 5.90. The molecule has 6 nitrogen and oxygen atoms in total. The number of amides is 1. The first kappa shape index (κ1) is 26.0. The van der Waals surface area contributed by atoms with Gasteiger partial charge in [-0.1, -0.05) is 78.4 Å². The predicted octanol–water partition coefficient (Wildman–Crippen LogP) is 5.49. The molecule has 1 N–H and O–H groups in total. The van der Waals surface area contributed by atoms with Crippen LogP contribution >= 0.6 is 0 Å². The zero-order valence-corrected chi connectivity index (χ0v) is 21.7. The monoisotopic (exact) mass is 514 g/mol. The van der Waals surface area contributed by atoms with Crippen molar-refractivity contribution in [2.45, 2.75) is 24.8 Å². The largest absolute Gasteiger partial charge is 0.494 e. The van der Waals surface area contributed by atoms with Gasteiger partial charge in [-0.05, 0) is 61.4 Å². The molecule has 0 aliphatic carbocycles. The summed E-state index contributed by atoms with van der Waals surface area (Å²) in [5.41, 5.74) is 3.29. The number of sulfonamides is 1. The Morgan fingerprint density at radius 2 is 1.38 bits per heavy atom. The van der Waals surface area contributed by atoms with Gasteiger partial charge in [0.2, 0.25) is 5.91 Å². The fourth-order valence-corrected chi connectivity index (χ4v) is 5.45. The van der Waals surface area contributed by atoms with Crippen molar-refractivity contribution in [2.75, 3.05) is 17.5 Å². The second-order valence-corrected chi connectivity index (χ2v) is 10.4. The molecular formula is C30H30N2O4S. The summed E-state index contributed by atoms with van der Waals surface area (Å²) in [6.45, 7) is 3.98. The van der Waals surface area contributed by atoms with Gasteiger partial charge < -0.3 is 10.1 Å². The first-order valence-electron chi connectivity index (χ1n) is 12.1. The Balaban J connectivity index is 1.67. The molecule has 0 aliphatic rings. The van der Waals surface area contributed by atoms with Crippen LogP contribution in [0.5, 0.6) is 5.75 Å². The number of hydrogen-bond donors (Lipinski definition) is 1. The number of rotatable bonds is 10. The summed E-state index contributed by atoms with van der Waals surface area (Å²) in [4.78, 5) is 13.6. The third-order valence-corrected chi connectivity index (χ3v) is 7.69. The van der Waals surface area contributed by atoms with E-state index in [1.807, 2.05) is 68.4 Å². The molecule has 0 unspecified atom stereocenters. The molecule has 0 spiro atoms. The van der Waals surface area contributed by atoms with Crippen molar-refractivity contribution in [1.29, 1.82) is 0 Å². The van der Waals surface area contributed by atoms with Gasteiger partial charge in [0.1, 0.15) is 12.3 Å². The highest BCUT2D eigenvalue weighted by molar-refractivity contribution is 7.92. The maximum absolute atomic E-state index is 13.7. The van der Waals surface area contributed by atoms with Gasteiger partial charge in [0.05, 0.1) is 23.2 Å². The quantitative estimate of drug-likeness (QED) is 0.303. The summed E-state index contributed by atoms with van der Waals surface area (Å²) in [6.07, 6.45) is 0. The molecule has 0 saturated carbocycles. The number of nitrogens with zero attached hydrogens (tertiary/aromatic N) is 1. The maximum Gasteiger partial charge on any atom is 0.264 e. The van der Waals surface area contributed by atoms with Crippen LogP contribution < -0.4 is 14.4 Å². The average molecular weight is 515 g/mol. The lowest BCUT2D eigenvalue weighted by atomic mass is 9.98. The molecule has 4 aromatic rings. The molecular weight excluding hydrogens is 484 g/mol. The van der Waals surface area contributed by atoms with Crippen molar-refractivity contribution in [2.24, 2.45) is 0 Å². The van der Waals surface area contributed by atoms with Gasteiger partial charge in [-0.15, -0.1) is 0 Å². The van der Waals surface area contributed by atoms with Gasteiger partial charge in [0.15, 0.2) is 0 Å². The highest BCUT2D eigenvalue weighted by Gasteiger charge is 2.28. The van der Waals surface area contributed by atoms with Crippen LogP contribution in [0.15, 0.2) is 114 Å². The van der Waals surface area contributed by atoms with Crippen LogP contribution in [0.2, 0.25) is 0 Å². The van der Waals surface area contributed by atoms with Gasteiger partial charge in [-0.2, -0.15) is 0 Å². The van der Waals surface area contributed by atoms with E-state index in [4.69, 9.17) is 4.74 Å². The SMILES string of the molecule is CCOc1ccc(N(CC(=O)N[C@H](c2ccccc2)c2ccc(C)cc2)S(=O)(=O)c2ccccc2)cc1. The number of carbonyl (C=O) groups is 1. The van der Waals surface area contributed by atoms with E-state index < -0.39 is 22.0 Å². The van der Waals surface area contributed by atoms with Crippen molar-refractivity contribution in [3.05, 3.63) is 126 Å². The summed E-state index contributed by atoms with van der Waals surface area (Å²) in [6, 6.07) is 31.9. The number of carbonyl (C=O) groups excluding carboxylic acids is 1. The molecule has 37 heavy (non-hydrogen) atoms. The van der Waals surface area contributed by atoms with E-state index in [1.54, 1.807) is 42.5 Å². The summed E-state index contributed by atoms with van der Waals surface area (Å²) in [5.74, 6) is 0.194. The van der Waals surface area contributed by atoms with E-state index in [0.717, 1.165) is 21.0 Å². The number of benzene rings is 4. The first-order chi connectivity index (χ1) is 17.9. The molecule has 0 fully saturated rings. The van der Waals surface area contributed by atoms with Gasteiger partial charge in [0, 0.05) is 0 Å². The fourth-order valence-electron chi connectivity index (χ4n) is 4.01. The molecule has 1 atom stereocenters. The molecule has 4 aromatic carbocycles. The minimum Gasteiger partial charge on any atom is -0.494 e. The van der Waals surface area contributed by atoms with Crippen LogP contribution in [0.4, 0.5) is 5.69 Å². The Morgan fingerprint density at radius 1 is 0.811 bits per heavy atom. The average Bonchev–Trinajstić information content (AvgIpc) is 2.93. The standard InChI is InChI=1S/C30H30N2O4S/c1-3-36-27-20-18-26(19-21-27)32(37(34,35)28-12-8-5-9-13-28)22-29(33)31-30(24-10-6-4-7-11-24)25-16-14-23(2)15-17-25/h4-21,30H,3,22H2,1-2H3,(H,31,33)/t30-/m1/s1. The molecule has 0 aliphatic heterocycles. The highest BCUT2D eigenvalue weighted by Crippen LogP contribution is 2.27. The van der Waals surface area contributed by atoms with Crippen molar-refractivity contribution < 1.29 is 17.9 Å². The van der Waals surface area contributed by atoms with E-state index in [1.165, 1.54) is 12.1 Å². The number of ether oxygens (including phenoxy) is 1. The summed E-state index contributed by atoms with van der Waals surface area (Å²) in [7, 11) is -4.01. The predicted molar refractivity (Wildman–Crippen MR) is 146 cm³/mol. The molecule has 0 bridgehead atoms. The van der Waals surface area contributed by atoms with Crippen molar-refractivity contribution >= 4 is 21.6 Å². The Hall–Kier alpha value is -4.10. The Kier molecular flexibility index (Phi) is 8.25. The van der Waals surface area contributed by atoms with Crippen LogP contribution in [0.25, 0.3) is 0 Å². The summed E-state index contributed by atoms with van der Waals surface area (Å²) in [5, 5.41) is 3.05. The van der Waals surface area contributed by atoms with Crippen LogP contribution in [0, 0.1) is 6.92 Å². The van der Waals surface area contributed by atoms with Gasteiger partial charge in [-0.3, -0.25) is 9.10 Å². The maximum atomic E-state index is 13.7. The summed E-state index contributed by atoms with van der Waals surface area (Å²) < 4.78 is 33.9. The second-order valence-electron chi connectivity index (χ2n) is 8.57. The lowest BCUT2D eigenvalue weighted by Crippen LogP contribution is -2.42. The fraction of sp³-hybridized carbons (Fsp3) is 0.167. The Bertz CT molecular complexity index is 1410. The molecule has 1 amide bonds. The van der Waals surface area contributed by atoms with Gasteiger partial charge in [0.25, 0.3) is 10.0 Å². The molecule has 0 saturated heterocycles. The topological polar surface area (TPSA) is 75.7 Å². The van der Waals surface area contributed by atoms with E-state index in [2.05, 4.69) is 5.32 Å². The minimum absolute atomic E-state index is 0.106. The summed E-state index contributed by atoms with van der Waals surface area (Å²) >= 11 is 0. The van der Waals surface area contributed by atoms with Crippen molar-refractivity contribution in [3.63, 3.8) is 0 Å². The second kappa shape index (κ2) is 11.8. The van der Waals surface area contributed by atoms with E-state index in [0.29, 0.717) is 18.0 Å². The zero-order valence-electron chi connectivity index (χ0n) is 20.9. The number of aryl methyl sites for hydroxylation is 1. The molecule has 4 rings (SSSR count). The molecule has 190 valence electrons. The van der Waals surface area contributed by atoms with E-state index >= 15 is 0 Å². The Morgan fingerprint density at radius 3 is 1.97 bits per heavy atom. The number of hydrogen-bond acceptors (Lipinski definition) is 4. The molecule has 0 radical (unpaired) electrons. The lowest BCUT2D eigenvalue weighted by molar-refractivity contribution is -0.120. The normalized spacial score (nSPS) is 11.9. The molecule has 7 heteroatoms. The van der Waals surface area contributed by atoms with E-state index in [9.17, 15) is 13.2 Å². The van der Waals surface area contributed by atoms with Gasteiger partial charge >= 0.3 is 0 Å². The smallest absolute Gasteiger partial charge is 0.264 e. The number of anilines is 1. The van der Waals surface area contributed by atoms with Crippen LogP contribution in [0.3, 0.4) is 0 Å².